The molecule has 10 heteroatoms. The van der Waals surface area contributed by atoms with E-state index in [1.54, 1.807) is 0 Å². The van der Waals surface area contributed by atoms with E-state index in [2.05, 4.69) is 15.5 Å². The van der Waals surface area contributed by atoms with Crippen LogP contribution < -0.4 is 4.90 Å². The zero-order valence-electron chi connectivity index (χ0n) is 12.7. The highest BCUT2D eigenvalue weighted by molar-refractivity contribution is 5.99. The Morgan fingerprint density at radius 3 is 2.80 bits per heavy atom. The Labute approximate surface area is 138 Å². The number of carbonyl (C=O) groups is 1. The molecule has 0 bridgehead atoms. The summed E-state index contributed by atoms with van der Waals surface area (Å²) in [6, 6.07) is 4.72. The van der Waals surface area contributed by atoms with E-state index in [0.717, 1.165) is 6.07 Å². The van der Waals surface area contributed by atoms with Crippen LogP contribution in [0, 0.1) is 0 Å². The minimum Gasteiger partial charge on any atom is -0.394 e. The smallest absolute Gasteiger partial charge is 0.394 e. The van der Waals surface area contributed by atoms with E-state index in [-0.39, 0.29) is 35.5 Å². The molecule has 1 fully saturated rings. The van der Waals surface area contributed by atoms with Crippen LogP contribution in [0.4, 0.5) is 18.9 Å². The second-order valence-electron chi connectivity index (χ2n) is 5.84. The molecule has 0 spiro atoms. The van der Waals surface area contributed by atoms with E-state index in [0.29, 0.717) is 12.1 Å². The number of hydrogen-bond donors (Lipinski definition) is 1. The van der Waals surface area contributed by atoms with Gasteiger partial charge in [-0.25, -0.2) is 0 Å². The van der Waals surface area contributed by atoms with Crippen LogP contribution in [0.25, 0.3) is 16.6 Å². The molecule has 0 saturated carbocycles. The summed E-state index contributed by atoms with van der Waals surface area (Å²) in [6.07, 6.45) is -3.89. The van der Waals surface area contributed by atoms with Crippen LogP contribution in [0.2, 0.25) is 0 Å². The number of anilines is 1. The zero-order valence-corrected chi connectivity index (χ0v) is 12.7. The van der Waals surface area contributed by atoms with Crippen molar-refractivity contribution in [2.24, 2.45) is 0 Å². The van der Waals surface area contributed by atoms with Gasteiger partial charge in [-0.3, -0.25) is 4.79 Å². The number of aliphatic hydroxyl groups is 1. The van der Waals surface area contributed by atoms with Crippen molar-refractivity contribution in [3.05, 3.63) is 29.8 Å². The topological polar surface area (TPSA) is 83.6 Å². The number of tetrazole rings is 1. The summed E-state index contributed by atoms with van der Waals surface area (Å²) in [4.78, 5) is 13.4. The van der Waals surface area contributed by atoms with Gasteiger partial charge in [-0.15, -0.1) is 5.10 Å². The van der Waals surface area contributed by atoms with Gasteiger partial charge in [0.2, 0.25) is 5.91 Å². The fraction of sp³-hybridized carbons (Fsp3) is 0.333. The van der Waals surface area contributed by atoms with Gasteiger partial charge in [0.25, 0.3) is 0 Å². The fourth-order valence-corrected chi connectivity index (χ4v) is 3.24. The maximum atomic E-state index is 13.5. The molecule has 1 aromatic carbocycles. The van der Waals surface area contributed by atoms with Crippen molar-refractivity contribution in [3.63, 3.8) is 0 Å². The molecular formula is C15H12F3N5O2. The van der Waals surface area contributed by atoms with Crippen LogP contribution in [-0.2, 0) is 11.0 Å². The van der Waals surface area contributed by atoms with E-state index in [1.165, 1.54) is 27.6 Å². The fourth-order valence-electron chi connectivity index (χ4n) is 3.24. The van der Waals surface area contributed by atoms with Crippen molar-refractivity contribution in [3.8, 4) is 0 Å². The van der Waals surface area contributed by atoms with Crippen molar-refractivity contribution < 1.29 is 23.1 Å². The van der Waals surface area contributed by atoms with Crippen molar-refractivity contribution in [2.45, 2.75) is 25.1 Å². The molecule has 130 valence electrons. The highest BCUT2D eigenvalue weighted by Crippen LogP contribution is 2.38. The molecule has 3 aromatic rings. The Balaban J connectivity index is 1.98. The number of amides is 1. The minimum atomic E-state index is -4.60. The third-order valence-electron chi connectivity index (χ3n) is 4.39. The summed E-state index contributed by atoms with van der Waals surface area (Å²) in [5, 5.41) is 20.0. The van der Waals surface area contributed by atoms with E-state index in [9.17, 15) is 23.1 Å². The molecule has 1 aliphatic heterocycles. The first-order valence-corrected chi connectivity index (χ1v) is 7.55. The van der Waals surface area contributed by atoms with Crippen molar-refractivity contribution in [1.82, 2.24) is 20.0 Å². The van der Waals surface area contributed by atoms with Gasteiger partial charge < -0.3 is 10.0 Å². The highest BCUT2D eigenvalue weighted by atomic mass is 19.4. The van der Waals surface area contributed by atoms with Crippen LogP contribution in [0.1, 0.15) is 18.4 Å². The molecule has 0 unspecified atom stereocenters. The molecule has 0 aliphatic carbocycles. The summed E-state index contributed by atoms with van der Waals surface area (Å²) in [5.41, 5.74) is -0.394. The predicted molar refractivity (Wildman–Crippen MR) is 80.9 cm³/mol. The van der Waals surface area contributed by atoms with Crippen molar-refractivity contribution in [1.29, 1.82) is 0 Å². The van der Waals surface area contributed by atoms with Gasteiger partial charge in [-0.2, -0.15) is 17.7 Å². The summed E-state index contributed by atoms with van der Waals surface area (Å²) < 4.78 is 41.7. The molecule has 2 aromatic heterocycles. The molecular weight excluding hydrogens is 339 g/mol. The van der Waals surface area contributed by atoms with E-state index >= 15 is 0 Å². The van der Waals surface area contributed by atoms with Gasteiger partial charge in [0.1, 0.15) is 0 Å². The number of pyridine rings is 1. The Hall–Kier alpha value is -2.75. The van der Waals surface area contributed by atoms with Crippen LogP contribution >= 0.6 is 0 Å². The quantitative estimate of drug-likeness (QED) is 0.761. The standard InChI is InChI=1S/C15H12F3N5O2/c16-15(17,18)11-6-13-19-20-21-23(13)12-3-1-8(5-10(11)12)22-9(7-24)2-4-14(22)25/h1,3,5-6,9,24H,2,4,7H2/t9-/m1/s1. The first-order valence-electron chi connectivity index (χ1n) is 7.55. The molecule has 3 heterocycles. The summed E-state index contributed by atoms with van der Waals surface area (Å²) >= 11 is 0. The first kappa shape index (κ1) is 15.8. The molecule has 1 saturated heterocycles. The molecule has 4 rings (SSSR count). The number of benzene rings is 1. The molecule has 1 atom stereocenters. The van der Waals surface area contributed by atoms with Gasteiger partial charge in [0.05, 0.1) is 23.7 Å². The highest BCUT2D eigenvalue weighted by Gasteiger charge is 2.36. The Bertz CT molecular complexity index is 984. The summed E-state index contributed by atoms with van der Waals surface area (Å²) in [5.74, 6) is -0.226. The number of aromatic nitrogens is 4. The van der Waals surface area contributed by atoms with Crippen LogP contribution in [0.15, 0.2) is 24.3 Å². The maximum absolute atomic E-state index is 13.5. The van der Waals surface area contributed by atoms with E-state index in [1.807, 2.05) is 0 Å². The monoisotopic (exact) mass is 351 g/mol. The average molecular weight is 351 g/mol. The van der Waals surface area contributed by atoms with Gasteiger partial charge >= 0.3 is 6.18 Å². The number of rotatable bonds is 2. The SMILES string of the molecule is O=C1CC[C@H](CO)N1c1ccc2c(c1)c(C(F)(F)F)cc1nnnn12. The number of nitrogens with zero attached hydrogens (tertiary/aromatic N) is 5. The van der Waals surface area contributed by atoms with Gasteiger partial charge in [0.15, 0.2) is 5.65 Å². The predicted octanol–water partition coefficient (Wildman–Crippen LogP) is 1.78. The number of hydrogen-bond acceptors (Lipinski definition) is 5. The molecule has 25 heavy (non-hydrogen) atoms. The average Bonchev–Trinajstić information content (AvgIpc) is 3.18. The minimum absolute atomic E-state index is 0.0157. The molecule has 1 aliphatic rings. The number of aliphatic hydroxyl groups excluding tert-OH is 1. The Morgan fingerprint density at radius 1 is 1.28 bits per heavy atom. The molecule has 0 radical (unpaired) electrons. The Morgan fingerprint density at radius 2 is 2.08 bits per heavy atom. The third-order valence-corrected chi connectivity index (χ3v) is 4.39. The molecule has 1 N–H and O–H groups in total. The summed E-state index contributed by atoms with van der Waals surface area (Å²) in [6.45, 7) is -0.248. The lowest BCUT2D eigenvalue weighted by atomic mass is 10.1. The molecule has 7 nitrogen and oxygen atoms in total. The van der Waals surface area contributed by atoms with Gasteiger partial charge in [-0.1, -0.05) is 0 Å². The van der Waals surface area contributed by atoms with Crippen LogP contribution in [0.5, 0.6) is 0 Å². The normalized spacial score (nSPS) is 18.6. The third kappa shape index (κ3) is 2.40. The van der Waals surface area contributed by atoms with Crippen molar-refractivity contribution >= 4 is 28.1 Å². The number of halogens is 3. The lowest BCUT2D eigenvalue weighted by Gasteiger charge is -2.24. The van der Waals surface area contributed by atoms with Crippen LogP contribution in [-0.4, -0.2) is 43.7 Å². The maximum Gasteiger partial charge on any atom is 0.417 e. The number of carbonyl (C=O) groups excluding carboxylic acids is 1. The second kappa shape index (κ2) is 5.38. The van der Waals surface area contributed by atoms with Gasteiger partial charge in [0, 0.05) is 17.5 Å². The van der Waals surface area contributed by atoms with E-state index in [4.69, 9.17) is 0 Å². The van der Waals surface area contributed by atoms with E-state index < -0.39 is 17.8 Å². The zero-order chi connectivity index (χ0) is 17.8. The second-order valence-corrected chi connectivity index (χ2v) is 5.84. The largest absolute Gasteiger partial charge is 0.417 e. The first-order chi connectivity index (χ1) is 11.9. The van der Waals surface area contributed by atoms with Crippen LogP contribution in [0.3, 0.4) is 0 Å². The summed E-state index contributed by atoms with van der Waals surface area (Å²) in [7, 11) is 0. The van der Waals surface area contributed by atoms with Crippen molar-refractivity contribution in [2.75, 3.05) is 11.5 Å². The van der Waals surface area contributed by atoms with Gasteiger partial charge in [-0.05, 0) is 41.1 Å². The lowest BCUT2D eigenvalue weighted by molar-refractivity contribution is -0.136. The number of alkyl halides is 3. The number of fused-ring (bicyclic) bond motifs is 3. The lowest BCUT2D eigenvalue weighted by Crippen LogP contribution is -2.35. The Kier molecular flexibility index (Phi) is 3.39. The molecule has 1 amide bonds.